The van der Waals surface area contributed by atoms with Crippen molar-refractivity contribution in [1.29, 1.82) is 0 Å². The molecule has 1 aromatic carbocycles. The summed E-state index contributed by atoms with van der Waals surface area (Å²) in [4.78, 5) is 25.3. The van der Waals surface area contributed by atoms with Crippen molar-refractivity contribution in [2.24, 2.45) is 0 Å². The van der Waals surface area contributed by atoms with Crippen LogP contribution >= 0.6 is 34.7 Å². The number of fused-ring (bicyclic) bond motifs is 1. The molecule has 0 aliphatic heterocycles. The number of halogens is 1. The van der Waals surface area contributed by atoms with Crippen LogP contribution in [0.1, 0.15) is 12.7 Å². The minimum atomic E-state index is -0.170. The molecule has 0 bridgehead atoms. The molecule has 4 heterocycles. The number of nitrogens with one attached hydrogen (secondary N) is 1. The Kier molecular flexibility index (Phi) is 5.77. The van der Waals surface area contributed by atoms with Crippen LogP contribution < -0.4 is 5.56 Å². The Morgan fingerprint density at radius 3 is 2.72 bits per heavy atom. The highest BCUT2D eigenvalue weighted by atomic mass is 35.5. The summed E-state index contributed by atoms with van der Waals surface area (Å²) < 4.78 is 2.04. The van der Waals surface area contributed by atoms with Crippen LogP contribution in [0.2, 0.25) is 5.02 Å². The third-order valence-corrected chi connectivity index (χ3v) is 7.15. The second kappa shape index (κ2) is 8.85. The summed E-state index contributed by atoms with van der Waals surface area (Å²) in [6, 6.07) is 11.3. The molecule has 160 valence electrons. The maximum Gasteiger partial charge on any atom is 0.260 e. The van der Waals surface area contributed by atoms with Crippen LogP contribution in [0.4, 0.5) is 0 Å². The average Bonchev–Trinajstić information content (AvgIpc) is 3.43. The first-order valence-electron chi connectivity index (χ1n) is 9.87. The molecule has 5 aromatic rings. The van der Waals surface area contributed by atoms with E-state index in [0.29, 0.717) is 26.8 Å². The van der Waals surface area contributed by atoms with Crippen molar-refractivity contribution >= 4 is 44.9 Å². The van der Waals surface area contributed by atoms with Gasteiger partial charge in [-0.3, -0.25) is 9.78 Å². The first-order chi connectivity index (χ1) is 15.7. The van der Waals surface area contributed by atoms with Gasteiger partial charge in [-0.1, -0.05) is 41.6 Å². The molecule has 0 saturated carbocycles. The van der Waals surface area contributed by atoms with E-state index in [1.807, 2.05) is 53.3 Å². The molecule has 0 fully saturated rings. The van der Waals surface area contributed by atoms with Crippen LogP contribution in [-0.4, -0.2) is 29.7 Å². The number of pyridine rings is 1. The zero-order valence-corrected chi connectivity index (χ0v) is 19.3. The number of hydrogen-bond acceptors (Lipinski definition) is 7. The van der Waals surface area contributed by atoms with E-state index in [-0.39, 0.29) is 5.56 Å². The molecule has 7 nitrogen and oxygen atoms in total. The fourth-order valence-corrected chi connectivity index (χ4v) is 5.54. The Morgan fingerprint density at radius 2 is 1.94 bits per heavy atom. The molecule has 0 aliphatic rings. The smallest absolute Gasteiger partial charge is 0.260 e. The molecule has 10 heteroatoms. The van der Waals surface area contributed by atoms with E-state index in [0.717, 1.165) is 34.2 Å². The summed E-state index contributed by atoms with van der Waals surface area (Å²) in [6.07, 6.45) is 3.47. The number of benzene rings is 1. The van der Waals surface area contributed by atoms with Crippen LogP contribution in [0, 0.1) is 0 Å². The molecule has 0 radical (unpaired) electrons. The van der Waals surface area contributed by atoms with E-state index in [1.54, 1.807) is 12.4 Å². The van der Waals surface area contributed by atoms with E-state index in [1.165, 1.54) is 23.1 Å². The average molecular weight is 481 g/mol. The molecule has 0 amide bonds. The normalized spacial score (nSPS) is 11.3. The highest BCUT2D eigenvalue weighted by molar-refractivity contribution is 7.98. The van der Waals surface area contributed by atoms with Gasteiger partial charge in [0.15, 0.2) is 11.0 Å². The largest absolute Gasteiger partial charge is 0.309 e. The predicted molar refractivity (Wildman–Crippen MR) is 129 cm³/mol. The Balaban J connectivity index is 1.43. The molecule has 1 N–H and O–H groups in total. The van der Waals surface area contributed by atoms with Crippen molar-refractivity contribution in [2.75, 3.05) is 0 Å². The molecule has 0 aliphatic carbocycles. The van der Waals surface area contributed by atoms with E-state index >= 15 is 0 Å². The van der Waals surface area contributed by atoms with Gasteiger partial charge in [0.2, 0.25) is 0 Å². The summed E-state index contributed by atoms with van der Waals surface area (Å²) in [5.41, 5.74) is 2.42. The molecule has 0 spiro atoms. The number of aromatic nitrogens is 6. The molecular weight excluding hydrogens is 464 g/mol. The van der Waals surface area contributed by atoms with Crippen molar-refractivity contribution in [3.05, 3.63) is 75.4 Å². The van der Waals surface area contributed by atoms with Gasteiger partial charge in [-0.2, -0.15) is 0 Å². The Hall–Kier alpha value is -3.01. The number of aromatic amines is 1. The van der Waals surface area contributed by atoms with Gasteiger partial charge in [0.05, 0.1) is 11.1 Å². The minimum Gasteiger partial charge on any atom is -0.309 e. The van der Waals surface area contributed by atoms with Gasteiger partial charge in [0.1, 0.15) is 10.7 Å². The highest BCUT2D eigenvalue weighted by Crippen LogP contribution is 2.35. The Bertz CT molecular complexity index is 1460. The summed E-state index contributed by atoms with van der Waals surface area (Å²) in [6.45, 7) is 2.77. The third-order valence-electron chi connectivity index (χ3n) is 4.97. The topological polar surface area (TPSA) is 89.4 Å². The molecule has 32 heavy (non-hydrogen) atoms. The number of thiophene rings is 1. The second-order valence-corrected chi connectivity index (χ2v) is 9.10. The quantitative estimate of drug-likeness (QED) is 0.333. The maximum atomic E-state index is 12.9. The maximum absolute atomic E-state index is 12.9. The van der Waals surface area contributed by atoms with Gasteiger partial charge >= 0.3 is 0 Å². The van der Waals surface area contributed by atoms with E-state index in [4.69, 9.17) is 11.6 Å². The SMILES string of the molecule is CCn1c(SCc2nc3scc(-c4ccccc4Cl)c3c(=O)[nH]2)nnc1-c1ccncc1. The molecule has 0 unspecified atom stereocenters. The third kappa shape index (κ3) is 3.83. The fourth-order valence-electron chi connectivity index (χ4n) is 3.47. The van der Waals surface area contributed by atoms with E-state index in [9.17, 15) is 4.79 Å². The molecular formula is C22H17ClN6OS2. The zero-order valence-electron chi connectivity index (χ0n) is 16.9. The molecule has 4 aromatic heterocycles. The van der Waals surface area contributed by atoms with Crippen LogP contribution in [-0.2, 0) is 12.3 Å². The lowest BCUT2D eigenvalue weighted by Gasteiger charge is -2.07. The van der Waals surface area contributed by atoms with Crippen molar-refractivity contribution in [3.8, 4) is 22.5 Å². The molecule has 0 atom stereocenters. The van der Waals surface area contributed by atoms with Crippen LogP contribution in [0.25, 0.3) is 32.7 Å². The minimum absolute atomic E-state index is 0.170. The van der Waals surface area contributed by atoms with E-state index < -0.39 is 0 Å². The fraction of sp³-hybridized carbons (Fsp3) is 0.136. The Morgan fingerprint density at radius 1 is 1.12 bits per heavy atom. The van der Waals surface area contributed by atoms with Crippen LogP contribution in [0.3, 0.4) is 0 Å². The lowest BCUT2D eigenvalue weighted by atomic mass is 10.1. The van der Waals surface area contributed by atoms with Gasteiger partial charge in [-0.15, -0.1) is 21.5 Å². The number of hydrogen-bond donors (Lipinski definition) is 1. The van der Waals surface area contributed by atoms with Crippen molar-refractivity contribution < 1.29 is 0 Å². The summed E-state index contributed by atoms with van der Waals surface area (Å²) in [7, 11) is 0. The van der Waals surface area contributed by atoms with Gasteiger partial charge in [-0.25, -0.2) is 4.98 Å². The lowest BCUT2D eigenvalue weighted by molar-refractivity contribution is 0.687. The summed E-state index contributed by atoms with van der Waals surface area (Å²) in [5, 5.41) is 12.6. The number of H-pyrrole nitrogens is 1. The van der Waals surface area contributed by atoms with Crippen molar-refractivity contribution in [2.45, 2.75) is 24.4 Å². The monoisotopic (exact) mass is 480 g/mol. The Labute approximate surface area is 196 Å². The van der Waals surface area contributed by atoms with Gasteiger partial charge in [0.25, 0.3) is 5.56 Å². The van der Waals surface area contributed by atoms with Gasteiger partial charge < -0.3 is 9.55 Å². The first kappa shape index (κ1) is 20.9. The highest BCUT2D eigenvalue weighted by Gasteiger charge is 2.17. The number of thioether (sulfide) groups is 1. The van der Waals surface area contributed by atoms with Gasteiger partial charge in [0, 0.05) is 46.0 Å². The lowest BCUT2D eigenvalue weighted by Crippen LogP contribution is -2.11. The molecule has 5 rings (SSSR count). The van der Waals surface area contributed by atoms with Gasteiger partial charge in [-0.05, 0) is 25.1 Å². The first-order valence-corrected chi connectivity index (χ1v) is 12.1. The molecule has 0 saturated heterocycles. The van der Waals surface area contributed by atoms with Crippen molar-refractivity contribution in [1.82, 2.24) is 29.7 Å². The zero-order chi connectivity index (χ0) is 22.1. The van der Waals surface area contributed by atoms with Crippen LogP contribution in [0.15, 0.2) is 64.1 Å². The van der Waals surface area contributed by atoms with E-state index in [2.05, 4.69) is 25.1 Å². The van der Waals surface area contributed by atoms with Crippen molar-refractivity contribution in [3.63, 3.8) is 0 Å². The number of rotatable bonds is 6. The number of nitrogens with zero attached hydrogens (tertiary/aromatic N) is 5. The standard InChI is InChI=1S/C22H17ClN6OS2/c1-2-29-19(13-7-9-24-10-8-13)27-28-22(29)32-12-17-25-20(30)18-15(11-31-21(18)26-17)14-5-3-4-6-16(14)23/h3-11H,2,12H2,1H3,(H,25,26,30). The van der Waals surface area contributed by atoms with Crippen LogP contribution in [0.5, 0.6) is 0 Å². The second-order valence-electron chi connectivity index (χ2n) is 6.90. The predicted octanol–water partition coefficient (Wildman–Crippen LogP) is 5.27. The summed E-state index contributed by atoms with van der Waals surface area (Å²) in [5.74, 6) is 1.85. The summed E-state index contributed by atoms with van der Waals surface area (Å²) >= 11 is 9.27.